The number of hydrogen-bond acceptors (Lipinski definition) is 5. The first-order valence-corrected chi connectivity index (χ1v) is 8.32. The first-order chi connectivity index (χ1) is 12.1. The first-order valence-electron chi connectivity index (χ1n) is 8.32. The summed E-state index contributed by atoms with van der Waals surface area (Å²) in [6, 6.07) is 4.00. The van der Waals surface area contributed by atoms with Crippen molar-refractivity contribution in [2.45, 2.75) is 40.3 Å². The van der Waals surface area contributed by atoms with E-state index in [-0.39, 0.29) is 12.3 Å². The third-order valence-corrected chi connectivity index (χ3v) is 3.42. The van der Waals surface area contributed by atoms with Crippen LogP contribution in [0.2, 0.25) is 0 Å². The fourth-order valence-electron chi connectivity index (χ4n) is 2.28. The van der Waals surface area contributed by atoms with E-state index in [1.54, 1.807) is 17.9 Å². The van der Waals surface area contributed by atoms with Gasteiger partial charge in [-0.15, -0.1) is 0 Å². The van der Waals surface area contributed by atoms with Gasteiger partial charge in [0.2, 0.25) is 0 Å². The van der Waals surface area contributed by atoms with Crippen LogP contribution in [0.5, 0.6) is 0 Å². The molecule has 0 aliphatic rings. The smallest absolute Gasteiger partial charge is 0.123 e. The van der Waals surface area contributed by atoms with E-state index in [0.29, 0.717) is 23.3 Å². The summed E-state index contributed by atoms with van der Waals surface area (Å²) in [5.74, 6) is -0.443. The number of aliphatic hydroxyl groups excluding tert-OH is 1. The molecule has 1 aromatic heterocycles. The van der Waals surface area contributed by atoms with Crippen LogP contribution in [0, 0.1) is 11.2 Å². The summed E-state index contributed by atoms with van der Waals surface area (Å²) in [7, 11) is 1.65. The van der Waals surface area contributed by atoms with Gasteiger partial charge >= 0.3 is 0 Å². The van der Waals surface area contributed by atoms with Crippen molar-refractivity contribution in [1.29, 1.82) is 5.41 Å². The minimum absolute atomic E-state index is 0.146. The largest absolute Gasteiger partial charge is 0.392 e. The summed E-state index contributed by atoms with van der Waals surface area (Å²) in [5, 5.41) is 26.1. The molecule has 0 spiro atoms. The van der Waals surface area contributed by atoms with E-state index >= 15 is 0 Å². The van der Waals surface area contributed by atoms with Crippen LogP contribution < -0.4 is 5.43 Å². The molecule has 136 valence electrons. The van der Waals surface area contributed by atoms with Crippen LogP contribution in [0.15, 0.2) is 35.7 Å². The summed E-state index contributed by atoms with van der Waals surface area (Å²) in [6.45, 7) is 6.42. The monoisotopic (exact) mass is 347 g/mol. The van der Waals surface area contributed by atoms with E-state index in [0.717, 1.165) is 12.1 Å². The van der Waals surface area contributed by atoms with Crippen molar-refractivity contribution in [2.75, 3.05) is 7.05 Å². The van der Waals surface area contributed by atoms with Crippen LogP contribution in [0.4, 0.5) is 4.39 Å². The lowest BCUT2D eigenvalue weighted by Crippen LogP contribution is -2.21. The maximum atomic E-state index is 13.3. The molecule has 0 fully saturated rings. The molecule has 2 rings (SSSR count). The van der Waals surface area contributed by atoms with Crippen LogP contribution in [-0.4, -0.2) is 33.4 Å². The molecule has 0 aliphatic carbocycles. The zero-order valence-corrected chi connectivity index (χ0v) is 15.2. The average Bonchev–Trinajstić information content (AvgIpc) is 3.10. The van der Waals surface area contributed by atoms with E-state index in [4.69, 9.17) is 5.41 Å². The molecule has 0 amide bonds. The highest BCUT2D eigenvalue weighted by Gasteiger charge is 2.16. The molecular formula is C18H26FN5O. The molecule has 25 heavy (non-hydrogen) atoms. The van der Waals surface area contributed by atoms with Crippen molar-refractivity contribution in [3.05, 3.63) is 53.1 Å². The predicted octanol–water partition coefficient (Wildman–Crippen LogP) is 2.75. The lowest BCUT2D eigenvalue weighted by atomic mass is 9.97. The van der Waals surface area contributed by atoms with Gasteiger partial charge in [-0.2, -0.15) is 10.2 Å². The van der Waals surface area contributed by atoms with Crippen molar-refractivity contribution in [1.82, 2.24) is 15.2 Å². The zero-order chi connectivity index (χ0) is 18.8. The van der Waals surface area contributed by atoms with E-state index in [1.165, 1.54) is 18.2 Å². The Balaban J connectivity index is 0.00000151. The third-order valence-electron chi connectivity index (χ3n) is 3.42. The molecular weight excluding hydrogens is 321 g/mol. The molecule has 3 N–H and O–H groups in total. The van der Waals surface area contributed by atoms with Crippen LogP contribution in [0.1, 0.15) is 37.5 Å². The lowest BCUT2D eigenvalue weighted by Gasteiger charge is -2.11. The number of nitrogens with zero attached hydrogens (tertiary/aromatic N) is 3. The van der Waals surface area contributed by atoms with Crippen LogP contribution in [-0.2, 0) is 19.6 Å². The SMILES string of the molecule is CC.CCn1cc(C/C(=N/NC)C(=N)c2ccc(F)cc2CO)cn1. The van der Waals surface area contributed by atoms with Crippen LogP contribution in [0.3, 0.4) is 0 Å². The van der Waals surface area contributed by atoms with Gasteiger partial charge < -0.3 is 10.5 Å². The highest BCUT2D eigenvalue weighted by Crippen LogP contribution is 2.14. The van der Waals surface area contributed by atoms with Gasteiger partial charge in [-0.25, -0.2) is 4.39 Å². The zero-order valence-electron chi connectivity index (χ0n) is 15.2. The fourth-order valence-corrected chi connectivity index (χ4v) is 2.28. The molecule has 0 radical (unpaired) electrons. The Morgan fingerprint density at radius 3 is 2.68 bits per heavy atom. The topological polar surface area (TPSA) is 86.3 Å². The summed E-state index contributed by atoms with van der Waals surface area (Å²) in [4.78, 5) is 0. The third kappa shape index (κ3) is 5.49. The molecule has 0 bridgehead atoms. The number of benzene rings is 1. The molecule has 1 heterocycles. The molecule has 0 saturated heterocycles. The second kappa shape index (κ2) is 10.4. The average molecular weight is 347 g/mol. The van der Waals surface area contributed by atoms with Crippen molar-refractivity contribution >= 4 is 11.4 Å². The van der Waals surface area contributed by atoms with E-state index in [2.05, 4.69) is 15.6 Å². The van der Waals surface area contributed by atoms with Crippen LogP contribution in [0.25, 0.3) is 0 Å². The van der Waals surface area contributed by atoms with Gasteiger partial charge in [0, 0.05) is 31.8 Å². The molecule has 0 aliphatic heterocycles. The molecule has 7 heteroatoms. The van der Waals surface area contributed by atoms with E-state index < -0.39 is 5.82 Å². The van der Waals surface area contributed by atoms with Crippen LogP contribution >= 0.6 is 0 Å². The standard InChI is InChI=1S/C16H20FN5O.C2H6/c1-3-22-9-11(8-20-22)6-15(21-19-2)16(18)14-5-4-13(17)7-12(14)10-23;1-2/h4-5,7-9,18-19,23H,3,6,10H2,1-2H3;1-2H3/b18-16?,21-15-;. The Kier molecular flexibility index (Phi) is 8.49. The molecule has 2 aromatic rings. The number of aromatic nitrogens is 2. The van der Waals surface area contributed by atoms with Gasteiger partial charge in [-0.3, -0.25) is 10.1 Å². The quantitative estimate of drug-likeness (QED) is 0.532. The Morgan fingerprint density at radius 2 is 2.12 bits per heavy atom. The number of aryl methyl sites for hydroxylation is 1. The second-order valence-electron chi connectivity index (χ2n) is 5.00. The lowest BCUT2D eigenvalue weighted by molar-refractivity contribution is 0.281. The van der Waals surface area contributed by atoms with Crippen molar-refractivity contribution in [2.24, 2.45) is 5.10 Å². The maximum absolute atomic E-state index is 13.3. The highest BCUT2D eigenvalue weighted by molar-refractivity contribution is 6.47. The molecule has 0 atom stereocenters. The van der Waals surface area contributed by atoms with E-state index in [9.17, 15) is 9.50 Å². The number of rotatable bonds is 7. The minimum Gasteiger partial charge on any atom is -0.392 e. The van der Waals surface area contributed by atoms with Crippen molar-refractivity contribution in [3.63, 3.8) is 0 Å². The number of hydrazone groups is 1. The van der Waals surface area contributed by atoms with Gasteiger partial charge in [0.15, 0.2) is 0 Å². The number of halogens is 1. The van der Waals surface area contributed by atoms with E-state index in [1.807, 2.05) is 27.0 Å². The molecule has 6 nitrogen and oxygen atoms in total. The number of aliphatic hydroxyl groups is 1. The van der Waals surface area contributed by atoms with Gasteiger partial charge in [0.25, 0.3) is 0 Å². The maximum Gasteiger partial charge on any atom is 0.123 e. The Labute approximate surface area is 147 Å². The van der Waals surface area contributed by atoms with Gasteiger partial charge in [-0.05, 0) is 36.2 Å². The summed E-state index contributed by atoms with van der Waals surface area (Å²) in [6.07, 6.45) is 4.05. The van der Waals surface area contributed by atoms with Gasteiger partial charge in [-0.1, -0.05) is 13.8 Å². The Hall–Kier alpha value is -2.54. The molecule has 0 unspecified atom stereocenters. The second-order valence-corrected chi connectivity index (χ2v) is 5.00. The fraction of sp³-hybridized carbons (Fsp3) is 0.389. The first kappa shape index (κ1) is 20.5. The number of hydrogen-bond donors (Lipinski definition) is 3. The number of nitrogens with one attached hydrogen (secondary N) is 2. The van der Waals surface area contributed by atoms with Crippen molar-refractivity contribution in [3.8, 4) is 0 Å². The summed E-state index contributed by atoms with van der Waals surface area (Å²) >= 11 is 0. The highest BCUT2D eigenvalue weighted by atomic mass is 19.1. The van der Waals surface area contributed by atoms with Gasteiger partial charge in [0.1, 0.15) is 5.82 Å². The van der Waals surface area contributed by atoms with Gasteiger partial charge in [0.05, 0.1) is 24.2 Å². The summed E-state index contributed by atoms with van der Waals surface area (Å²) < 4.78 is 15.1. The molecule has 0 saturated carbocycles. The Morgan fingerprint density at radius 1 is 1.40 bits per heavy atom. The minimum atomic E-state index is -0.443. The molecule has 1 aromatic carbocycles. The predicted molar refractivity (Wildman–Crippen MR) is 98.6 cm³/mol. The summed E-state index contributed by atoms with van der Waals surface area (Å²) in [5.41, 5.74) is 5.08. The Bertz CT molecular complexity index is 724. The van der Waals surface area contributed by atoms with Crippen molar-refractivity contribution < 1.29 is 9.50 Å². The normalized spacial score (nSPS) is 10.9.